The van der Waals surface area contributed by atoms with E-state index in [0.717, 1.165) is 11.8 Å². The lowest BCUT2D eigenvalue weighted by atomic mass is 9.96. The van der Waals surface area contributed by atoms with E-state index in [9.17, 15) is 0 Å². The summed E-state index contributed by atoms with van der Waals surface area (Å²) in [7, 11) is 0. The third kappa shape index (κ3) is 4.97. The van der Waals surface area contributed by atoms with Gasteiger partial charge >= 0.3 is 0 Å². The Labute approximate surface area is 108 Å². The Bertz CT molecular complexity index is 185. The maximum atomic E-state index is 2.69. The predicted molar refractivity (Wildman–Crippen MR) is 76.4 cm³/mol. The summed E-state index contributed by atoms with van der Waals surface area (Å²) >= 11 is 0. The third-order valence-corrected chi connectivity index (χ3v) is 4.18. The third-order valence-electron chi connectivity index (χ3n) is 4.18. The summed E-state index contributed by atoms with van der Waals surface area (Å²) in [4.78, 5) is 5.28. The lowest BCUT2D eigenvalue weighted by Crippen LogP contribution is -2.38. The molecule has 0 spiro atoms. The molecule has 0 aliphatic carbocycles. The fourth-order valence-electron chi connectivity index (χ4n) is 3.04. The molecule has 2 rings (SSSR count). The van der Waals surface area contributed by atoms with Gasteiger partial charge in [0, 0.05) is 13.1 Å². The predicted octanol–water partition coefficient (Wildman–Crippen LogP) is 3.09. The Balaban J connectivity index is 0.000000686. The highest BCUT2D eigenvalue weighted by molar-refractivity contribution is 4.78. The molecule has 2 aliphatic heterocycles. The molecule has 0 bridgehead atoms. The van der Waals surface area contributed by atoms with Gasteiger partial charge in [-0.1, -0.05) is 27.7 Å². The number of piperidine rings is 1. The van der Waals surface area contributed by atoms with Crippen molar-refractivity contribution < 1.29 is 0 Å². The van der Waals surface area contributed by atoms with E-state index in [4.69, 9.17) is 0 Å². The zero-order valence-corrected chi connectivity index (χ0v) is 12.4. The fourth-order valence-corrected chi connectivity index (χ4v) is 3.04. The summed E-state index contributed by atoms with van der Waals surface area (Å²) in [6.45, 7) is 16.7. The molecule has 2 saturated heterocycles. The van der Waals surface area contributed by atoms with E-state index in [2.05, 4.69) is 23.6 Å². The van der Waals surface area contributed by atoms with Crippen molar-refractivity contribution in [2.24, 2.45) is 11.8 Å². The maximum absolute atomic E-state index is 2.69. The molecule has 2 heteroatoms. The van der Waals surface area contributed by atoms with E-state index in [1.807, 2.05) is 13.8 Å². The minimum Gasteiger partial charge on any atom is -0.304 e. The average molecular weight is 240 g/mol. The second-order valence-electron chi connectivity index (χ2n) is 5.53. The number of hydrogen-bond acceptors (Lipinski definition) is 2. The molecule has 2 nitrogen and oxygen atoms in total. The Morgan fingerprint density at radius 1 is 0.941 bits per heavy atom. The van der Waals surface area contributed by atoms with Gasteiger partial charge in [-0.15, -0.1) is 0 Å². The summed E-state index contributed by atoms with van der Waals surface area (Å²) in [5.41, 5.74) is 0. The Hall–Kier alpha value is -0.0800. The first-order chi connectivity index (χ1) is 8.28. The molecule has 0 radical (unpaired) electrons. The van der Waals surface area contributed by atoms with Crippen LogP contribution in [0.3, 0.4) is 0 Å². The highest BCUT2D eigenvalue weighted by Crippen LogP contribution is 2.22. The van der Waals surface area contributed by atoms with E-state index in [1.165, 1.54) is 58.5 Å². The highest BCUT2D eigenvalue weighted by Gasteiger charge is 2.24. The van der Waals surface area contributed by atoms with Crippen molar-refractivity contribution in [1.82, 2.24) is 9.80 Å². The van der Waals surface area contributed by atoms with Gasteiger partial charge < -0.3 is 9.80 Å². The lowest BCUT2D eigenvalue weighted by molar-refractivity contribution is 0.158. The SMILES string of the molecule is CC.CCN1CCC(CN2CCC(C)C2)CC1. The van der Waals surface area contributed by atoms with Crippen LogP contribution in [0.15, 0.2) is 0 Å². The molecule has 0 aromatic carbocycles. The zero-order valence-electron chi connectivity index (χ0n) is 12.4. The van der Waals surface area contributed by atoms with E-state index < -0.39 is 0 Å². The Morgan fingerprint density at radius 2 is 1.53 bits per heavy atom. The van der Waals surface area contributed by atoms with Gasteiger partial charge in [0.2, 0.25) is 0 Å². The van der Waals surface area contributed by atoms with Crippen molar-refractivity contribution in [3.8, 4) is 0 Å². The van der Waals surface area contributed by atoms with Crippen LogP contribution < -0.4 is 0 Å². The number of nitrogens with zero attached hydrogens (tertiary/aromatic N) is 2. The van der Waals surface area contributed by atoms with Gasteiger partial charge in [0.05, 0.1) is 0 Å². The van der Waals surface area contributed by atoms with Gasteiger partial charge in [-0.25, -0.2) is 0 Å². The van der Waals surface area contributed by atoms with Crippen LogP contribution in [0, 0.1) is 11.8 Å². The Kier molecular flexibility index (Phi) is 7.14. The molecule has 0 N–H and O–H groups in total. The van der Waals surface area contributed by atoms with E-state index >= 15 is 0 Å². The van der Waals surface area contributed by atoms with Gasteiger partial charge in [-0.05, 0) is 57.3 Å². The molecule has 0 amide bonds. The monoisotopic (exact) mass is 240 g/mol. The quantitative estimate of drug-likeness (QED) is 0.748. The minimum absolute atomic E-state index is 0.945. The normalized spacial score (nSPS) is 27.9. The average Bonchev–Trinajstić information content (AvgIpc) is 2.78. The molecular weight excluding hydrogens is 208 g/mol. The number of likely N-dealkylation sites (tertiary alicyclic amines) is 2. The van der Waals surface area contributed by atoms with Crippen LogP contribution in [0.5, 0.6) is 0 Å². The van der Waals surface area contributed by atoms with Gasteiger partial charge in [0.15, 0.2) is 0 Å². The maximum Gasteiger partial charge on any atom is 0.00107 e. The Morgan fingerprint density at radius 3 is 2.00 bits per heavy atom. The second-order valence-corrected chi connectivity index (χ2v) is 5.53. The summed E-state index contributed by atoms with van der Waals surface area (Å²) < 4.78 is 0. The first-order valence-electron chi connectivity index (χ1n) is 7.72. The van der Waals surface area contributed by atoms with Gasteiger partial charge in [-0.2, -0.15) is 0 Å². The van der Waals surface area contributed by atoms with Crippen LogP contribution in [-0.4, -0.2) is 49.1 Å². The van der Waals surface area contributed by atoms with Crippen LogP contribution in [0.25, 0.3) is 0 Å². The molecule has 17 heavy (non-hydrogen) atoms. The van der Waals surface area contributed by atoms with Crippen molar-refractivity contribution in [1.29, 1.82) is 0 Å². The molecule has 2 heterocycles. The highest BCUT2D eigenvalue weighted by atomic mass is 15.2. The first-order valence-corrected chi connectivity index (χ1v) is 7.72. The summed E-state index contributed by atoms with van der Waals surface area (Å²) in [5, 5.41) is 0. The van der Waals surface area contributed by atoms with Crippen LogP contribution in [-0.2, 0) is 0 Å². The van der Waals surface area contributed by atoms with Gasteiger partial charge in [0.1, 0.15) is 0 Å². The second kappa shape index (κ2) is 8.10. The molecule has 0 aromatic rings. The van der Waals surface area contributed by atoms with E-state index in [1.54, 1.807) is 0 Å². The van der Waals surface area contributed by atoms with Crippen LogP contribution in [0.2, 0.25) is 0 Å². The molecular formula is C15H32N2. The molecule has 0 aromatic heterocycles. The summed E-state index contributed by atoms with van der Waals surface area (Å²) in [5.74, 6) is 1.93. The summed E-state index contributed by atoms with van der Waals surface area (Å²) in [6, 6.07) is 0. The molecule has 1 unspecified atom stereocenters. The molecule has 2 fully saturated rings. The van der Waals surface area contributed by atoms with Crippen molar-refractivity contribution in [2.45, 2.75) is 47.0 Å². The van der Waals surface area contributed by atoms with Crippen molar-refractivity contribution in [3.05, 3.63) is 0 Å². The van der Waals surface area contributed by atoms with E-state index in [-0.39, 0.29) is 0 Å². The molecule has 102 valence electrons. The largest absolute Gasteiger partial charge is 0.304 e. The van der Waals surface area contributed by atoms with E-state index in [0.29, 0.717) is 0 Å². The van der Waals surface area contributed by atoms with Crippen LogP contribution >= 0.6 is 0 Å². The molecule has 0 saturated carbocycles. The van der Waals surface area contributed by atoms with Crippen molar-refractivity contribution in [3.63, 3.8) is 0 Å². The topological polar surface area (TPSA) is 6.48 Å². The summed E-state index contributed by atoms with van der Waals surface area (Å²) in [6.07, 6.45) is 4.28. The van der Waals surface area contributed by atoms with Crippen molar-refractivity contribution in [2.75, 3.05) is 39.3 Å². The molecule has 1 atom stereocenters. The number of hydrogen-bond donors (Lipinski definition) is 0. The van der Waals surface area contributed by atoms with Crippen molar-refractivity contribution >= 4 is 0 Å². The number of rotatable bonds is 3. The van der Waals surface area contributed by atoms with Gasteiger partial charge in [0.25, 0.3) is 0 Å². The van der Waals surface area contributed by atoms with Crippen LogP contribution in [0.4, 0.5) is 0 Å². The lowest BCUT2D eigenvalue weighted by Gasteiger charge is -2.33. The fraction of sp³-hybridized carbons (Fsp3) is 1.00. The molecule has 2 aliphatic rings. The first kappa shape index (κ1) is 15.0. The zero-order chi connectivity index (χ0) is 12.7. The van der Waals surface area contributed by atoms with Crippen LogP contribution in [0.1, 0.15) is 47.0 Å². The smallest absolute Gasteiger partial charge is 0.00107 e. The standard InChI is InChI=1S/C13H26N2.C2H6/c1-3-14-8-5-13(6-9-14)11-15-7-4-12(2)10-15;1-2/h12-13H,3-11H2,1-2H3;1-2H3. The minimum atomic E-state index is 0.945. The van der Waals surface area contributed by atoms with Gasteiger partial charge in [-0.3, -0.25) is 0 Å².